The highest BCUT2D eigenvalue weighted by Gasteiger charge is 2.17. The highest BCUT2D eigenvalue weighted by Crippen LogP contribution is 2.19. The van der Waals surface area contributed by atoms with Gasteiger partial charge in [-0.15, -0.1) is 0 Å². The number of nitrogens with zero attached hydrogens (tertiary/aromatic N) is 3. The summed E-state index contributed by atoms with van der Waals surface area (Å²) in [6, 6.07) is 3.64. The van der Waals surface area contributed by atoms with E-state index in [1.165, 1.54) is 0 Å². The maximum Gasteiger partial charge on any atom is 0.339 e. The molecule has 0 amide bonds. The van der Waals surface area contributed by atoms with Crippen molar-refractivity contribution in [1.82, 2.24) is 14.8 Å². The summed E-state index contributed by atoms with van der Waals surface area (Å²) in [7, 11) is 0. The molecule has 6 nitrogen and oxygen atoms in total. The Labute approximate surface area is 117 Å². The van der Waals surface area contributed by atoms with Crippen molar-refractivity contribution in [3.63, 3.8) is 0 Å². The fourth-order valence-corrected chi connectivity index (χ4v) is 2.18. The van der Waals surface area contributed by atoms with Gasteiger partial charge in [0.05, 0.1) is 6.54 Å². The lowest BCUT2D eigenvalue weighted by Gasteiger charge is -2.17. The van der Waals surface area contributed by atoms with Crippen molar-refractivity contribution >= 4 is 11.8 Å². The lowest BCUT2D eigenvalue weighted by atomic mass is 10.1. The van der Waals surface area contributed by atoms with Crippen LogP contribution in [0.25, 0.3) is 0 Å². The van der Waals surface area contributed by atoms with Gasteiger partial charge in [-0.3, -0.25) is 4.68 Å². The van der Waals surface area contributed by atoms with E-state index in [0.717, 1.165) is 5.69 Å². The molecule has 2 N–H and O–H groups in total. The Morgan fingerprint density at radius 3 is 2.85 bits per heavy atom. The second-order valence-corrected chi connectivity index (χ2v) is 4.88. The summed E-state index contributed by atoms with van der Waals surface area (Å²) in [6.07, 6.45) is 3.58. The fraction of sp³-hybridized carbons (Fsp3) is 0.357. The number of hydrogen-bond acceptors (Lipinski definition) is 4. The van der Waals surface area contributed by atoms with Crippen molar-refractivity contribution in [3.8, 4) is 0 Å². The van der Waals surface area contributed by atoms with Gasteiger partial charge in [-0.05, 0) is 38.5 Å². The first-order valence-electron chi connectivity index (χ1n) is 6.43. The van der Waals surface area contributed by atoms with Gasteiger partial charge in [0, 0.05) is 24.1 Å². The molecule has 106 valence electrons. The van der Waals surface area contributed by atoms with Crippen molar-refractivity contribution in [3.05, 3.63) is 41.3 Å². The Kier molecular flexibility index (Phi) is 4.02. The van der Waals surface area contributed by atoms with Crippen LogP contribution >= 0.6 is 0 Å². The minimum atomic E-state index is -0.969. The molecule has 20 heavy (non-hydrogen) atoms. The molecule has 0 aliphatic carbocycles. The first-order valence-corrected chi connectivity index (χ1v) is 6.43. The predicted molar refractivity (Wildman–Crippen MR) is 76.0 cm³/mol. The molecule has 0 aromatic carbocycles. The molecule has 0 fully saturated rings. The van der Waals surface area contributed by atoms with E-state index in [9.17, 15) is 9.90 Å². The number of rotatable bonds is 5. The summed E-state index contributed by atoms with van der Waals surface area (Å²) in [6.45, 7) is 6.23. The van der Waals surface area contributed by atoms with E-state index >= 15 is 0 Å². The van der Waals surface area contributed by atoms with Crippen LogP contribution in [-0.2, 0) is 6.54 Å². The number of carboxylic acids is 1. The van der Waals surface area contributed by atoms with Gasteiger partial charge in [0.15, 0.2) is 0 Å². The van der Waals surface area contributed by atoms with E-state index in [1.807, 2.05) is 26.1 Å². The smallest absolute Gasteiger partial charge is 0.339 e. The van der Waals surface area contributed by atoms with Crippen LogP contribution in [0.3, 0.4) is 0 Å². The zero-order valence-electron chi connectivity index (χ0n) is 11.8. The van der Waals surface area contributed by atoms with Crippen LogP contribution in [-0.4, -0.2) is 31.9 Å². The SMILES string of the molecule is Cc1cc(C)c(C(=O)O)c(NC(C)Cn2cccn2)n1. The van der Waals surface area contributed by atoms with Gasteiger partial charge in [-0.1, -0.05) is 0 Å². The van der Waals surface area contributed by atoms with E-state index < -0.39 is 5.97 Å². The Balaban J connectivity index is 2.21. The lowest BCUT2D eigenvalue weighted by molar-refractivity contribution is 0.0697. The maximum atomic E-state index is 11.4. The van der Waals surface area contributed by atoms with Gasteiger partial charge in [-0.2, -0.15) is 5.10 Å². The number of anilines is 1. The molecule has 6 heteroatoms. The summed E-state index contributed by atoms with van der Waals surface area (Å²) < 4.78 is 1.79. The summed E-state index contributed by atoms with van der Waals surface area (Å²) in [5.74, 6) is -0.557. The van der Waals surface area contributed by atoms with Gasteiger partial charge >= 0.3 is 5.97 Å². The Bertz CT molecular complexity index is 608. The third kappa shape index (κ3) is 3.14. The molecule has 2 aromatic rings. The van der Waals surface area contributed by atoms with Gasteiger partial charge < -0.3 is 10.4 Å². The first-order chi connectivity index (χ1) is 9.47. The quantitative estimate of drug-likeness (QED) is 0.872. The molecule has 0 radical (unpaired) electrons. The number of carbonyl (C=O) groups is 1. The fourth-order valence-electron chi connectivity index (χ4n) is 2.18. The molecule has 0 saturated heterocycles. The van der Waals surface area contributed by atoms with Crippen LogP contribution < -0.4 is 5.32 Å². The predicted octanol–water partition coefficient (Wildman–Crippen LogP) is 2.09. The maximum absolute atomic E-state index is 11.4. The Hall–Kier alpha value is -2.37. The van der Waals surface area contributed by atoms with E-state index in [1.54, 1.807) is 23.9 Å². The average Bonchev–Trinajstić information content (AvgIpc) is 2.79. The van der Waals surface area contributed by atoms with Crippen LogP contribution in [0.4, 0.5) is 5.82 Å². The van der Waals surface area contributed by atoms with Crippen molar-refractivity contribution in [2.75, 3.05) is 5.32 Å². The number of aryl methyl sites for hydroxylation is 2. The minimum absolute atomic E-state index is 0.0155. The molecular weight excluding hydrogens is 256 g/mol. The molecule has 0 aliphatic heterocycles. The van der Waals surface area contributed by atoms with Gasteiger partial charge in [0.25, 0.3) is 0 Å². The molecule has 1 unspecified atom stereocenters. The van der Waals surface area contributed by atoms with Crippen molar-refractivity contribution in [2.45, 2.75) is 33.4 Å². The molecule has 2 aromatic heterocycles. The van der Waals surface area contributed by atoms with Crippen LogP contribution in [0.5, 0.6) is 0 Å². The normalized spacial score (nSPS) is 12.2. The van der Waals surface area contributed by atoms with Crippen molar-refractivity contribution in [2.24, 2.45) is 0 Å². The Morgan fingerprint density at radius 1 is 1.50 bits per heavy atom. The lowest BCUT2D eigenvalue weighted by Crippen LogP contribution is -2.24. The van der Waals surface area contributed by atoms with Crippen molar-refractivity contribution < 1.29 is 9.90 Å². The van der Waals surface area contributed by atoms with Crippen LogP contribution in [0.2, 0.25) is 0 Å². The summed E-state index contributed by atoms with van der Waals surface area (Å²) in [4.78, 5) is 15.7. The molecule has 2 heterocycles. The third-order valence-electron chi connectivity index (χ3n) is 2.96. The topological polar surface area (TPSA) is 80.0 Å². The van der Waals surface area contributed by atoms with Crippen LogP contribution in [0.15, 0.2) is 24.5 Å². The second-order valence-electron chi connectivity index (χ2n) is 4.88. The van der Waals surface area contributed by atoms with Gasteiger partial charge in [-0.25, -0.2) is 9.78 Å². The first kappa shape index (κ1) is 14.0. The Morgan fingerprint density at radius 2 is 2.25 bits per heavy atom. The highest BCUT2D eigenvalue weighted by atomic mass is 16.4. The van der Waals surface area contributed by atoms with E-state index in [2.05, 4.69) is 15.4 Å². The monoisotopic (exact) mass is 274 g/mol. The van der Waals surface area contributed by atoms with E-state index in [4.69, 9.17) is 0 Å². The number of carboxylic acid groups (broad SMARTS) is 1. The van der Waals surface area contributed by atoms with Crippen LogP contribution in [0.1, 0.15) is 28.5 Å². The van der Waals surface area contributed by atoms with Gasteiger partial charge in [0.2, 0.25) is 0 Å². The molecule has 1 atom stereocenters. The van der Waals surface area contributed by atoms with E-state index in [0.29, 0.717) is 17.9 Å². The van der Waals surface area contributed by atoms with E-state index in [-0.39, 0.29) is 11.6 Å². The largest absolute Gasteiger partial charge is 0.478 e. The number of hydrogen-bond donors (Lipinski definition) is 2. The summed E-state index contributed by atoms with van der Waals surface area (Å²) >= 11 is 0. The molecule has 0 saturated carbocycles. The number of aromatic carboxylic acids is 1. The standard InChI is InChI=1S/C14H18N4O2/c1-9-7-10(2)16-13(12(9)14(19)20)17-11(3)8-18-6-4-5-15-18/h4-7,11H,8H2,1-3H3,(H,16,17)(H,19,20). The zero-order valence-corrected chi connectivity index (χ0v) is 11.8. The zero-order chi connectivity index (χ0) is 14.7. The average molecular weight is 274 g/mol. The number of nitrogens with one attached hydrogen (secondary N) is 1. The summed E-state index contributed by atoms with van der Waals surface area (Å²) in [5.41, 5.74) is 1.72. The second kappa shape index (κ2) is 5.73. The molecule has 0 aliphatic rings. The minimum Gasteiger partial charge on any atom is -0.478 e. The number of pyridine rings is 1. The van der Waals surface area contributed by atoms with Crippen molar-refractivity contribution in [1.29, 1.82) is 0 Å². The molecule has 2 rings (SSSR count). The molecular formula is C14H18N4O2. The molecule has 0 bridgehead atoms. The highest BCUT2D eigenvalue weighted by molar-refractivity contribution is 5.94. The number of aromatic nitrogens is 3. The molecule has 0 spiro atoms. The third-order valence-corrected chi connectivity index (χ3v) is 2.96. The summed E-state index contributed by atoms with van der Waals surface area (Å²) in [5, 5.41) is 16.6. The van der Waals surface area contributed by atoms with Gasteiger partial charge in [0.1, 0.15) is 11.4 Å². The van der Waals surface area contributed by atoms with Crippen LogP contribution in [0, 0.1) is 13.8 Å².